The first-order chi connectivity index (χ1) is 18.6. The molecule has 0 aromatic rings. The van der Waals surface area contributed by atoms with Crippen molar-refractivity contribution in [2.75, 3.05) is 0 Å². The maximum atomic E-state index is 12.4. The molecule has 4 heteroatoms. The van der Waals surface area contributed by atoms with Crippen LogP contribution in [-0.2, 0) is 14.3 Å². The number of unbranched alkanes of at least 4 members (excludes halogenated alkanes) is 19. The number of esters is 1. The number of carboxylic acid groups (broad SMARTS) is 1. The van der Waals surface area contributed by atoms with Crippen LogP contribution in [0.3, 0.4) is 0 Å². The summed E-state index contributed by atoms with van der Waals surface area (Å²) in [5, 5.41) is 8.96. The lowest BCUT2D eigenvalue weighted by Crippen LogP contribution is -2.18. The van der Waals surface area contributed by atoms with E-state index in [9.17, 15) is 9.59 Å². The van der Waals surface area contributed by atoms with Crippen LogP contribution in [0.2, 0.25) is 0 Å². The van der Waals surface area contributed by atoms with Gasteiger partial charge in [-0.1, -0.05) is 129 Å². The smallest absolute Gasteiger partial charge is 0.306 e. The van der Waals surface area contributed by atoms with Gasteiger partial charge in [0.25, 0.3) is 0 Å². The molecule has 38 heavy (non-hydrogen) atoms. The monoisotopic (exact) mass is 536 g/mol. The van der Waals surface area contributed by atoms with Gasteiger partial charge >= 0.3 is 11.9 Å². The summed E-state index contributed by atoms with van der Waals surface area (Å²) in [6.45, 7) is 4.51. The summed E-state index contributed by atoms with van der Waals surface area (Å²) in [7, 11) is 0. The average Bonchev–Trinajstić information content (AvgIpc) is 2.89. The van der Waals surface area contributed by atoms with Gasteiger partial charge in [-0.2, -0.15) is 0 Å². The van der Waals surface area contributed by atoms with Gasteiger partial charge in [0, 0.05) is 12.8 Å². The van der Waals surface area contributed by atoms with E-state index in [1.807, 2.05) is 0 Å². The molecule has 0 heterocycles. The van der Waals surface area contributed by atoms with Gasteiger partial charge in [0.15, 0.2) is 0 Å². The number of rotatable bonds is 30. The van der Waals surface area contributed by atoms with E-state index in [4.69, 9.17) is 9.84 Å². The van der Waals surface area contributed by atoms with E-state index in [0.717, 1.165) is 25.7 Å². The third-order valence-corrected chi connectivity index (χ3v) is 7.49. The van der Waals surface area contributed by atoms with Gasteiger partial charge in [0.05, 0.1) is 0 Å². The van der Waals surface area contributed by atoms with E-state index in [2.05, 4.69) is 26.0 Å². The maximum Gasteiger partial charge on any atom is 0.306 e. The minimum Gasteiger partial charge on any atom is -0.481 e. The predicted molar refractivity (Wildman–Crippen MR) is 163 cm³/mol. The Kier molecular flexibility index (Phi) is 29.2. The molecule has 0 aromatic heterocycles. The van der Waals surface area contributed by atoms with Crippen LogP contribution in [0.5, 0.6) is 0 Å². The van der Waals surface area contributed by atoms with Gasteiger partial charge in [-0.15, -0.1) is 0 Å². The van der Waals surface area contributed by atoms with E-state index in [-0.39, 0.29) is 18.5 Å². The Labute approximate surface area is 236 Å². The Hall–Kier alpha value is -1.32. The van der Waals surface area contributed by atoms with Gasteiger partial charge in [0.1, 0.15) is 6.10 Å². The molecule has 0 rings (SSSR count). The Bertz CT molecular complexity index is 543. The minimum atomic E-state index is -0.771. The molecular formula is C34H64O4. The van der Waals surface area contributed by atoms with E-state index >= 15 is 0 Å². The van der Waals surface area contributed by atoms with Crippen molar-refractivity contribution in [1.82, 2.24) is 0 Å². The molecule has 0 aliphatic rings. The minimum absolute atomic E-state index is 0.0959. The third-order valence-electron chi connectivity index (χ3n) is 7.49. The fraction of sp³-hybridized carbons (Fsp3) is 0.882. The lowest BCUT2D eigenvalue weighted by atomic mass is 10.0. The molecule has 4 nitrogen and oxygen atoms in total. The van der Waals surface area contributed by atoms with Crippen LogP contribution in [0, 0.1) is 0 Å². The molecule has 0 saturated heterocycles. The fourth-order valence-electron chi connectivity index (χ4n) is 5.01. The molecule has 1 N–H and O–H groups in total. The summed E-state index contributed by atoms with van der Waals surface area (Å²) in [6.07, 6.45) is 35.0. The average molecular weight is 537 g/mol. The van der Waals surface area contributed by atoms with Crippen LogP contribution < -0.4 is 0 Å². The molecule has 1 unspecified atom stereocenters. The molecule has 0 amide bonds. The molecule has 0 saturated carbocycles. The highest BCUT2D eigenvalue weighted by Crippen LogP contribution is 2.18. The molecule has 224 valence electrons. The molecule has 1 atom stereocenters. The summed E-state index contributed by atoms with van der Waals surface area (Å²) in [6, 6.07) is 0. The SMILES string of the molecule is CCCCCC/C=C\CCCCCCCCC(=O)OC(CCCCCCCCCCCC)CCCC(=O)O. The van der Waals surface area contributed by atoms with E-state index < -0.39 is 5.97 Å². The molecule has 0 aliphatic carbocycles. The van der Waals surface area contributed by atoms with Crippen molar-refractivity contribution in [1.29, 1.82) is 0 Å². The number of carboxylic acids is 1. The standard InChI is InChI=1S/C34H64O4/c1-3-5-7-9-11-13-15-16-17-18-20-22-24-26-31-34(37)38-32(29-27-30-33(35)36)28-25-23-21-19-14-12-10-8-6-4-2/h13,15,32H,3-12,14,16-31H2,1-2H3,(H,35,36)/b15-13-. The highest BCUT2D eigenvalue weighted by Gasteiger charge is 2.15. The highest BCUT2D eigenvalue weighted by atomic mass is 16.5. The Morgan fingerprint density at radius 1 is 0.553 bits per heavy atom. The first-order valence-corrected chi connectivity index (χ1v) is 16.7. The molecule has 0 spiro atoms. The van der Waals surface area contributed by atoms with E-state index in [0.29, 0.717) is 19.3 Å². The van der Waals surface area contributed by atoms with Crippen LogP contribution in [0.25, 0.3) is 0 Å². The quantitative estimate of drug-likeness (QED) is 0.0563. The van der Waals surface area contributed by atoms with Gasteiger partial charge in [-0.3, -0.25) is 9.59 Å². The van der Waals surface area contributed by atoms with Crippen molar-refractivity contribution in [3.63, 3.8) is 0 Å². The van der Waals surface area contributed by atoms with Crippen molar-refractivity contribution < 1.29 is 19.4 Å². The van der Waals surface area contributed by atoms with E-state index in [1.54, 1.807) is 0 Å². The number of hydrogen-bond acceptors (Lipinski definition) is 3. The van der Waals surface area contributed by atoms with E-state index in [1.165, 1.54) is 122 Å². The number of allylic oxidation sites excluding steroid dienone is 2. The first kappa shape index (κ1) is 36.7. The van der Waals surface area contributed by atoms with Crippen LogP contribution in [0.1, 0.15) is 187 Å². The Morgan fingerprint density at radius 2 is 0.974 bits per heavy atom. The van der Waals surface area contributed by atoms with Crippen LogP contribution in [0.4, 0.5) is 0 Å². The third kappa shape index (κ3) is 29.2. The lowest BCUT2D eigenvalue weighted by Gasteiger charge is -2.18. The maximum absolute atomic E-state index is 12.4. The topological polar surface area (TPSA) is 63.6 Å². The summed E-state index contributed by atoms with van der Waals surface area (Å²) < 4.78 is 5.79. The van der Waals surface area contributed by atoms with Crippen molar-refractivity contribution in [3.05, 3.63) is 12.2 Å². The molecule has 0 radical (unpaired) electrons. The van der Waals surface area contributed by atoms with Crippen molar-refractivity contribution >= 4 is 11.9 Å². The van der Waals surface area contributed by atoms with Gasteiger partial charge < -0.3 is 9.84 Å². The van der Waals surface area contributed by atoms with Crippen LogP contribution in [0.15, 0.2) is 12.2 Å². The Balaban J connectivity index is 3.85. The summed E-state index contributed by atoms with van der Waals surface area (Å²) in [5.41, 5.74) is 0. The van der Waals surface area contributed by atoms with Crippen molar-refractivity contribution in [3.8, 4) is 0 Å². The molecular weight excluding hydrogens is 472 g/mol. The predicted octanol–water partition coefficient (Wildman–Crippen LogP) is 11.1. The second-order valence-electron chi connectivity index (χ2n) is 11.3. The van der Waals surface area contributed by atoms with Crippen molar-refractivity contribution in [2.45, 2.75) is 193 Å². The largest absolute Gasteiger partial charge is 0.481 e. The normalized spacial score (nSPS) is 12.3. The zero-order valence-electron chi connectivity index (χ0n) is 25.5. The number of carbonyl (C=O) groups is 2. The van der Waals surface area contributed by atoms with Gasteiger partial charge in [-0.05, 0) is 57.8 Å². The van der Waals surface area contributed by atoms with Crippen LogP contribution >= 0.6 is 0 Å². The fourth-order valence-corrected chi connectivity index (χ4v) is 5.01. The second-order valence-corrected chi connectivity index (χ2v) is 11.3. The second kappa shape index (κ2) is 30.2. The summed E-state index contributed by atoms with van der Waals surface area (Å²) >= 11 is 0. The Morgan fingerprint density at radius 3 is 1.50 bits per heavy atom. The zero-order chi connectivity index (χ0) is 27.9. The van der Waals surface area contributed by atoms with Crippen LogP contribution in [-0.4, -0.2) is 23.1 Å². The number of aliphatic carboxylic acids is 1. The number of carbonyl (C=O) groups excluding carboxylic acids is 1. The molecule has 0 bridgehead atoms. The van der Waals surface area contributed by atoms with Gasteiger partial charge in [-0.25, -0.2) is 0 Å². The zero-order valence-corrected chi connectivity index (χ0v) is 25.5. The summed E-state index contributed by atoms with van der Waals surface area (Å²) in [5.74, 6) is -0.867. The summed E-state index contributed by atoms with van der Waals surface area (Å²) in [4.78, 5) is 23.3. The first-order valence-electron chi connectivity index (χ1n) is 16.7. The molecule has 0 aliphatic heterocycles. The lowest BCUT2D eigenvalue weighted by molar-refractivity contribution is -0.150. The van der Waals surface area contributed by atoms with Gasteiger partial charge in [0.2, 0.25) is 0 Å². The number of hydrogen-bond donors (Lipinski definition) is 1. The van der Waals surface area contributed by atoms with Crippen molar-refractivity contribution in [2.24, 2.45) is 0 Å². The highest BCUT2D eigenvalue weighted by molar-refractivity contribution is 5.69. The molecule has 0 fully saturated rings. The molecule has 0 aromatic carbocycles. The number of ether oxygens (including phenoxy) is 1.